The molecule has 7 nitrogen and oxygen atoms in total. The summed E-state index contributed by atoms with van der Waals surface area (Å²) in [6.45, 7) is 2.89. The molecule has 1 aromatic carbocycles. The second-order valence-corrected chi connectivity index (χ2v) is 9.88. The van der Waals surface area contributed by atoms with Crippen molar-refractivity contribution in [3.05, 3.63) is 58.7 Å². The number of aromatic nitrogens is 1. The van der Waals surface area contributed by atoms with Crippen molar-refractivity contribution in [1.82, 2.24) is 20.1 Å². The number of likely N-dealkylation sites (tertiary alicyclic amines) is 2. The summed E-state index contributed by atoms with van der Waals surface area (Å²) in [5, 5.41) is 3.47. The number of pyridine rings is 1. The highest BCUT2D eigenvalue weighted by Gasteiger charge is 2.45. The van der Waals surface area contributed by atoms with E-state index >= 15 is 0 Å². The maximum Gasteiger partial charge on any atom is 0.317 e. The fourth-order valence-electron chi connectivity index (χ4n) is 5.26. The quantitative estimate of drug-likeness (QED) is 0.690. The maximum absolute atomic E-state index is 13.0. The van der Waals surface area contributed by atoms with Gasteiger partial charge in [0.2, 0.25) is 5.88 Å². The van der Waals surface area contributed by atoms with Crippen LogP contribution in [0.25, 0.3) is 0 Å². The van der Waals surface area contributed by atoms with Crippen LogP contribution in [0.15, 0.2) is 42.5 Å². The number of nitrogens with zero attached hydrogens (tertiary/aromatic N) is 3. The molecule has 3 heterocycles. The average molecular weight is 469 g/mol. The number of hydrogen-bond donors (Lipinski definition) is 1. The minimum atomic E-state index is -0.0549. The second kappa shape index (κ2) is 8.86. The van der Waals surface area contributed by atoms with E-state index in [1.54, 1.807) is 12.1 Å². The molecule has 3 amide bonds. The fraction of sp³-hybridized carbons (Fsp3) is 0.480. The first-order valence-electron chi connectivity index (χ1n) is 11.6. The van der Waals surface area contributed by atoms with Gasteiger partial charge in [-0.15, -0.1) is 0 Å². The van der Waals surface area contributed by atoms with Gasteiger partial charge in [0, 0.05) is 49.8 Å². The summed E-state index contributed by atoms with van der Waals surface area (Å²) in [6.07, 6.45) is 3.79. The zero-order valence-electron chi connectivity index (χ0n) is 18.8. The number of rotatable bonds is 4. The number of methoxy groups -OCH3 is 1. The summed E-state index contributed by atoms with van der Waals surface area (Å²) in [5.41, 5.74) is 1.89. The third-order valence-corrected chi connectivity index (χ3v) is 7.58. The monoisotopic (exact) mass is 468 g/mol. The lowest BCUT2D eigenvalue weighted by atomic mass is 9.77. The lowest BCUT2D eigenvalue weighted by molar-refractivity contribution is 0.0593. The molecule has 2 atom stereocenters. The minimum Gasteiger partial charge on any atom is -0.481 e. The number of carbonyl (C=O) groups is 2. The van der Waals surface area contributed by atoms with Crippen LogP contribution >= 0.6 is 11.6 Å². The van der Waals surface area contributed by atoms with E-state index in [0.29, 0.717) is 30.5 Å². The largest absolute Gasteiger partial charge is 0.481 e. The topological polar surface area (TPSA) is 74.8 Å². The summed E-state index contributed by atoms with van der Waals surface area (Å²) >= 11 is 6.03. The van der Waals surface area contributed by atoms with Gasteiger partial charge in [-0.1, -0.05) is 41.9 Å². The van der Waals surface area contributed by atoms with Crippen LogP contribution in [0.3, 0.4) is 0 Å². The third-order valence-electron chi connectivity index (χ3n) is 7.39. The fourth-order valence-corrected chi connectivity index (χ4v) is 5.46. The molecule has 174 valence electrons. The molecule has 5 rings (SSSR count). The number of carbonyl (C=O) groups excluding carboxylic acids is 2. The van der Waals surface area contributed by atoms with Gasteiger partial charge in [0.15, 0.2) is 0 Å². The third kappa shape index (κ3) is 4.64. The second-order valence-electron chi connectivity index (χ2n) is 9.49. The Labute approximate surface area is 199 Å². The van der Waals surface area contributed by atoms with Crippen LogP contribution < -0.4 is 10.1 Å². The number of amides is 3. The Hall–Kier alpha value is -2.80. The first kappa shape index (κ1) is 22.0. The highest BCUT2D eigenvalue weighted by molar-refractivity contribution is 6.29. The Balaban J connectivity index is 1.13. The Kier molecular flexibility index (Phi) is 5.91. The first-order valence-corrected chi connectivity index (χ1v) is 12.0. The molecule has 0 bridgehead atoms. The molecule has 1 aromatic heterocycles. The van der Waals surface area contributed by atoms with Gasteiger partial charge in [0.1, 0.15) is 5.15 Å². The standard InChI is InChI=1S/C25H29ClN4O3/c1-33-22-14-18(13-21(26)28-22)23(31)29-10-7-25(8-11-29)9-12-30(16-25)24(32)27-20-15-19(20)17-5-3-2-4-6-17/h2-6,13-14,19-20H,7-12,15-16H2,1H3,(H,27,32). The predicted molar refractivity (Wildman–Crippen MR) is 126 cm³/mol. The molecule has 1 saturated carbocycles. The Morgan fingerprint density at radius 3 is 2.48 bits per heavy atom. The van der Waals surface area contributed by atoms with E-state index in [0.717, 1.165) is 38.8 Å². The molecule has 33 heavy (non-hydrogen) atoms. The molecule has 3 fully saturated rings. The predicted octanol–water partition coefficient (Wildman–Crippen LogP) is 3.94. The van der Waals surface area contributed by atoms with Gasteiger partial charge in [0.25, 0.3) is 5.91 Å². The zero-order chi connectivity index (χ0) is 23.0. The van der Waals surface area contributed by atoms with Crippen LogP contribution in [0.1, 0.15) is 47.5 Å². The highest BCUT2D eigenvalue weighted by atomic mass is 35.5. The van der Waals surface area contributed by atoms with Crippen molar-refractivity contribution in [2.45, 2.75) is 37.6 Å². The molecule has 1 aliphatic carbocycles. The Morgan fingerprint density at radius 1 is 1.09 bits per heavy atom. The maximum atomic E-state index is 13.0. The van der Waals surface area contributed by atoms with Crippen LogP contribution in [-0.2, 0) is 0 Å². The van der Waals surface area contributed by atoms with Gasteiger partial charge >= 0.3 is 6.03 Å². The molecule has 2 saturated heterocycles. The van der Waals surface area contributed by atoms with Crippen LogP contribution in [-0.4, -0.2) is 66.1 Å². The van der Waals surface area contributed by atoms with Gasteiger partial charge in [-0.25, -0.2) is 9.78 Å². The van der Waals surface area contributed by atoms with Gasteiger partial charge in [-0.3, -0.25) is 4.79 Å². The number of piperidine rings is 1. The minimum absolute atomic E-state index is 0.0485. The Bertz CT molecular complexity index is 1040. The molecule has 0 radical (unpaired) electrons. The molecular formula is C25H29ClN4O3. The molecule has 2 aliphatic heterocycles. The summed E-state index contributed by atoms with van der Waals surface area (Å²) in [4.78, 5) is 33.7. The van der Waals surface area contributed by atoms with E-state index in [2.05, 4.69) is 22.4 Å². The smallest absolute Gasteiger partial charge is 0.317 e. The number of ether oxygens (including phenoxy) is 1. The van der Waals surface area contributed by atoms with E-state index in [-0.39, 0.29) is 28.5 Å². The Morgan fingerprint density at radius 2 is 1.79 bits per heavy atom. The van der Waals surface area contributed by atoms with Crippen molar-refractivity contribution >= 4 is 23.5 Å². The van der Waals surface area contributed by atoms with Crippen molar-refractivity contribution in [1.29, 1.82) is 0 Å². The van der Waals surface area contributed by atoms with Gasteiger partial charge < -0.3 is 19.9 Å². The van der Waals surface area contributed by atoms with E-state index in [4.69, 9.17) is 16.3 Å². The van der Waals surface area contributed by atoms with E-state index in [9.17, 15) is 9.59 Å². The van der Waals surface area contributed by atoms with E-state index in [1.807, 2.05) is 28.0 Å². The molecule has 3 aliphatic rings. The van der Waals surface area contributed by atoms with Crippen molar-refractivity contribution in [3.63, 3.8) is 0 Å². The average Bonchev–Trinajstić information content (AvgIpc) is 3.49. The van der Waals surface area contributed by atoms with Crippen molar-refractivity contribution in [2.24, 2.45) is 5.41 Å². The van der Waals surface area contributed by atoms with Gasteiger partial charge in [-0.05, 0) is 42.7 Å². The molecule has 1 N–H and O–H groups in total. The number of urea groups is 1. The number of benzene rings is 1. The zero-order valence-corrected chi connectivity index (χ0v) is 19.6. The lowest BCUT2D eigenvalue weighted by Crippen LogP contribution is -2.46. The van der Waals surface area contributed by atoms with E-state index in [1.165, 1.54) is 12.7 Å². The van der Waals surface area contributed by atoms with Crippen molar-refractivity contribution in [2.75, 3.05) is 33.3 Å². The van der Waals surface area contributed by atoms with Crippen LogP contribution in [0.4, 0.5) is 4.79 Å². The van der Waals surface area contributed by atoms with E-state index < -0.39 is 0 Å². The van der Waals surface area contributed by atoms with Gasteiger partial charge in [-0.2, -0.15) is 0 Å². The normalized spacial score (nSPS) is 23.5. The first-order chi connectivity index (χ1) is 16.0. The molecule has 2 aromatic rings. The lowest BCUT2D eigenvalue weighted by Gasteiger charge is -2.39. The number of halogens is 1. The molecular weight excluding hydrogens is 440 g/mol. The summed E-state index contributed by atoms with van der Waals surface area (Å²) in [6, 6.07) is 13.9. The van der Waals surface area contributed by atoms with Crippen molar-refractivity contribution in [3.8, 4) is 5.88 Å². The summed E-state index contributed by atoms with van der Waals surface area (Å²) in [7, 11) is 1.50. The van der Waals surface area contributed by atoms with Crippen LogP contribution in [0.2, 0.25) is 5.15 Å². The summed E-state index contributed by atoms with van der Waals surface area (Å²) in [5.74, 6) is 0.712. The van der Waals surface area contributed by atoms with Crippen LogP contribution in [0.5, 0.6) is 5.88 Å². The van der Waals surface area contributed by atoms with Crippen molar-refractivity contribution < 1.29 is 14.3 Å². The number of nitrogens with one attached hydrogen (secondary N) is 1. The number of hydrogen-bond acceptors (Lipinski definition) is 4. The molecule has 1 spiro atoms. The molecule has 8 heteroatoms. The highest BCUT2D eigenvalue weighted by Crippen LogP contribution is 2.43. The van der Waals surface area contributed by atoms with Gasteiger partial charge in [0.05, 0.1) is 7.11 Å². The SMILES string of the molecule is COc1cc(C(=O)N2CCC3(CCN(C(=O)NC4CC4c4ccccc4)C3)CC2)cc(Cl)n1. The molecule has 2 unspecified atom stereocenters. The van der Waals surface area contributed by atoms with Crippen LogP contribution in [0, 0.1) is 5.41 Å². The summed E-state index contributed by atoms with van der Waals surface area (Å²) < 4.78 is 5.14.